The molecule has 0 amide bonds. The Labute approximate surface area is 117 Å². The Bertz CT molecular complexity index is 298. The number of nitrogens with zero attached hydrogens (tertiary/aromatic N) is 2. The third-order valence-electron chi connectivity index (χ3n) is 3.89. The number of rotatable bonds is 9. The first-order chi connectivity index (χ1) is 9.17. The summed E-state index contributed by atoms with van der Waals surface area (Å²) in [7, 11) is 5.71. The third kappa shape index (κ3) is 5.64. The maximum absolute atomic E-state index is 5.19. The molecule has 4 nitrogen and oxygen atoms in total. The fourth-order valence-corrected chi connectivity index (χ4v) is 2.24. The normalized spacial score (nSPS) is 17.1. The molecule has 1 saturated carbocycles. The zero-order chi connectivity index (χ0) is 14.1. The lowest BCUT2D eigenvalue weighted by Crippen LogP contribution is -2.42. The summed E-state index contributed by atoms with van der Waals surface area (Å²) in [5, 5.41) is 3.50. The standard InChI is InChI=1S/C15H29N3O/c1-5-6-7-11-18(3)14(16-2)17-13-15(8-9-15)10-12-19-4/h5H,1,6-13H2,2-4H3,(H,16,17). The molecule has 0 heterocycles. The molecule has 0 spiro atoms. The summed E-state index contributed by atoms with van der Waals surface area (Å²) >= 11 is 0. The van der Waals surface area contributed by atoms with Crippen LogP contribution in [0.3, 0.4) is 0 Å². The number of hydrogen-bond acceptors (Lipinski definition) is 2. The van der Waals surface area contributed by atoms with Gasteiger partial charge in [0.1, 0.15) is 0 Å². The molecule has 1 fully saturated rings. The minimum absolute atomic E-state index is 0.452. The first-order valence-corrected chi connectivity index (χ1v) is 7.19. The number of methoxy groups -OCH3 is 1. The Morgan fingerprint density at radius 1 is 1.53 bits per heavy atom. The Kier molecular flexibility index (Phi) is 6.92. The quantitative estimate of drug-likeness (QED) is 0.301. The molecule has 0 saturated heterocycles. The van der Waals surface area contributed by atoms with Crippen LogP contribution < -0.4 is 5.32 Å². The van der Waals surface area contributed by atoms with Crippen LogP contribution in [-0.2, 0) is 4.74 Å². The molecule has 19 heavy (non-hydrogen) atoms. The number of aliphatic imine (C=N–C) groups is 1. The SMILES string of the molecule is C=CCCCN(C)C(=NC)NCC1(CCOC)CC1. The molecule has 0 radical (unpaired) electrons. The van der Waals surface area contributed by atoms with Crippen LogP contribution in [0.1, 0.15) is 32.1 Å². The molecular formula is C15H29N3O. The second-order valence-electron chi connectivity index (χ2n) is 5.50. The highest BCUT2D eigenvalue weighted by Crippen LogP contribution is 2.48. The zero-order valence-corrected chi connectivity index (χ0v) is 12.7. The van der Waals surface area contributed by atoms with E-state index in [1.807, 2.05) is 13.1 Å². The van der Waals surface area contributed by atoms with Gasteiger partial charge in [0, 0.05) is 40.9 Å². The van der Waals surface area contributed by atoms with Gasteiger partial charge in [-0.25, -0.2) is 0 Å². The van der Waals surface area contributed by atoms with Gasteiger partial charge in [-0.3, -0.25) is 4.99 Å². The minimum atomic E-state index is 0.452. The summed E-state index contributed by atoms with van der Waals surface area (Å²) < 4.78 is 5.19. The Balaban J connectivity index is 2.30. The zero-order valence-electron chi connectivity index (χ0n) is 12.7. The molecule has 4 heteroatoms. The summed E-state index contributed by atoms with van der Waals surface area (Å²) in [4.78, 5) is 6.54. The van der Waals surface area contributed by atoms with E-state index in [4.69, 9.17) is 4.74 Å². The van der Waals surface area contributed by atoms with Gasteiger partial charge < -0.3 is 15.0 Å². The van der Waals surface area contributed by atoms with E-state index in [-0.39, 0.29) is 0 Å². The van der Waals surface area contributed by atoms with Crippen molar-refractivity contribution in [3.8, 4) is 0 Å². The second kappa shape index (κ2) is 8.20. The summed E-state index contributed by atoms with van der Waals surface area (Å²) in [6.07, 6.45) is 7.90. The first kappa shape index (κ1) is 16.0. The minimum Gasteiger partial charge on any atom is -0.385 e. The number of allylic oxidation sites excluding steroid dienone is 1. The summed E-state index contributed by atoms with van der Waals surface area (Å²) in [5.41, 5.74) is 0.452. The van der Waals surface area contributed by atoms with Crippen molar-refractivity contribution in [3.63, 3.8) is 0 Å². The van der Waals surface area contributed by atoms with E-state index in [1.54, 1.807) is 7.11 Å². The average molecular weight is 267 g/mol. The highest BCUT2D eigenvalue weighted by molar-refractivity contribution is 5.79. The topological polar surface area (TPSA) is 36.9 Å². The molecule has 0 atom stereocenters. The van der Waals surface area contributed by atoms with E-state index >= 15 is 0 Å². The summed E-state index contributed by atoms with van der Waals surface area (Å²) in [6.45, 7) is 6.63. The molecular weight excluding hydrogens is 238 g/mol. The number of nitrogens with one attached hydrogen (secondary N) is 1. The van der Waals surface area contributed by atoms with Gasteiger partial charge in [0.05, 0.1) is 0 Å². The molecule has 1 aliphatic rings. The third-order valence-corrected chi connectivity index (χ3v) is 3.89. The highest BCUT2D eigenvalue weighted by atomic mass is 16.5. The van der Waals surface area contributed by atoms with Crippen molar-refractivity contribution in [2.24, 2.45) is 10.4 Å². The molecule has 1 rings (SSSR count). The van der Waals surface area contributed by atoms with Crippen molar-refractivity contribution >= 4 is 5.96 Å². The van der Waals surface area contributed by atoms with Gasteiger partial charge in [-0.2, -0.15) is 0 Å². The average Bonchev–Trinajstić information content (AvgIpc) is 3.18. The van der Waals surface area contributed by atoms with Gasteiger partial charge in [-0.15, -0.1) is 6.58 Å². The van der Waals surface area contributed by atoms with E-state index in [0.29, 0.717) is 5.41 Å². The lowest BCUT2D eigenvalue weighted by atomic mass is 10.0. The van der Waals surface area contributed by atoms with Crippen LogP contribution in [0, 0.1) is 5.41 Å². The smallest absolute Gasteiger partial charge is 0.193 e. The number of hydrogen-bond donors (Lipinski definition) is 1. The lowest BCUT2D eigenvalue weighted by molar-refractivity contribution is 0.172. The maximum atomic E-state index is 5.19. The van der Waals surface area contributed by atoms with Crippen LogP contribution in [0.15, 0.2) is 17.6 Å². The van der Waals surface area contributed by atoms with Gasteiger partial charge in [0.2, 0.25) is 0 Å². The van der Waals surface area contributed by atoms with E-state index in [1.165, 1.54) is 12.8 Å². The molecule has 0 unspecified atom stereocenters. The van der Waals surface area contributed by atoms with E-state index in [9.17, 15) is 0 Å². The van der Waals surface area contributed by atoms with E-state index < -0.39 is 0 Å². The van der Waals surface area contributed by atoms with Gasteiger partial charge >= 0.3 is 0 Å². The van der Waals surface area contributed by atoms with Crippen LogP contribution >= 0.6 is 0 Å². The molecule has 0 aromatic heterocycles. The second-order valence-corrected chi connectivity index (χ2v) is 5.50. The largest absolute Gasteiger partial charge is 0.385 e. The lowest BCUT2D eigenvalue weighted by Gasteiger charge is -2.24. The molecule has 1 N–H and O–H groups in total. The first-order valence-electron chi connectivity index (χ1n) is 7.19. The fourth-order valence-electron chi connectivity index (χ4n) is 2.24. The van der Waals surface area contributed by atoms with E-state index in [0.717, 1.165) is 44.9 Å². The van der Waals surface area contributed by atoms with Crippen LogP contribution in [0.4, 0.5) is 0 Å². The Morgan fingerprint density at radius 2 is 2.26 bits per heavy atom. The Morgan fingerprint density at radius 3 is 2.79 bits per heavy atom. The van der Waals surface area contributed by atoms with E-state index in [2.05, 4.69) is 28.8 Å². The molecule has 110 valence electrons. The van der Waals surface area contributed by atoms with Gasteiger partial charge in [0.15, 0.2) is 5.96 Å². The molecule has 0 bridgehead atoms. The predicted octanol–water partition coefficient (Wildman–Crippen LogP) is 2.28. The number of guanidine groups is 1. The number of ether oxygens (including phenoxy) is 1. The summed E-state index contributed by atoms with van der Waals surface area (Å²) in [5.74, 6) is 0.993. The van der Waals surface area contributed by atoms with Gasteiger partial charge in [-0.1, -0.05) is 6.08 Å². The van der Waals surface area contributed by atoms with Crippen LogP contribution in [0.2, 0.25) is 0 Å². The molecule has 0 aromatic carbocycles. The van der Waals surface area contributed by atoms with Crippen molar-refractivity contribution in [3.05, 3.63) is 12.7 Å². The van der Waals surface area contributed by atoms with Crippen molar-refractivity contribution < 1.29 is 4.74 Å². The van der Waals surface area contributed by atoms with Crippen molar-refractivity contribution in [1.82, 2.24) is 10.2 Å². The monoisotopic (exact) mass is 267 g/mol. The van der Waals surface area contributed by atoms with Crippen molar-refractivity contribution in [2.75, 3.05) is 40.9 Å². The van der Waals surface area contributed by atoms with Crippen LogP contribution in [0.25, 0.3) is 0 Å². The highest BCUT2D eigenvalue weighted by Gasteiger charge is 2.41. The van der Waals surface area contributed by atoms with Gasteiger partial charge in [-0.05, 0) is 37.5 Å². The summed E-state index contributed by atoms with van der Waals surface area (Å²) in [6, 6.07) is 0. The fraction of sp³-hybridized carbons (Fsp3) is 0.800. The molecule has 1 aliphatic carbocycles. The van der Waals surface area contributed by atoms with Crippen LogP contribution in [-0.4, -0.2) is 51.8 Å². The predicted molar refractivity (Wildman–Crippen MR) is 81.6 cm³/mol. The van der Waals surface area contributed by atoms with Crippen LogP contribution in [0.5, 0.6) is 0 Å². The molecule has 0 aromatic rings. The van der Waals surface area contributed by atoms with Gasteiger partial charge in [0.25, 0.3) is 0 Å². The van der Waals surface area contributed by atoms with Crippen molar-refractivity contribution in [1.29, 1.82) is 0 Å². The van der Waals surface area contributed by atoms with Crippen molar-refractivity contribution in [2.45, 2.75) is 32.1 Å². The Hall–Kier alpha value is -1.03. The molecule has 0 aliphatic heterocycles. The number of unbranched alkanes of at least 4 members (excludes halogenated alkanes) is 1. The maximum Gasteiger partial charge on any atom is 0.193 e.